The highest BCUT2D eigenvalue weighted by Crippen LogP contribution is 2.35. The van der Waals surface area contributed by atoms with E-state index >= 15 is 0 Å². The molecule has 0 aromatic carbocycles. The molecule has 14 heteroatoms. The number of amides is 2. The van der Waals surface area contributed by atoms with Crippen LogP contribution in [0, 0.1) is 0 Å². The van der Waals surface area contributed by atoms with Crippen LogP contribution in [0.5, 0.6) is 5.75 Å². The molecule has 0 saturated heterocycles. The highest BCUT2D eigenvalue weighted by atomic mass is 35.5. The zero-order chi connectivity index (χ0) is 27.5. The van der Waals surface area contributed by atoms with Crippen LogP contribution in [-0.2, 0) is 11.3 Å². The maximum Gasteiger partial charge on any atom is 0.413 e. The molecular weight excluding hydrogens is 506 g/mol. The second-order valence-electron chi connectivity index (χ2n) is 10.2. The molecule has 0 spiro atoms. The van der Waals surface area contributed by atoms with Gasteiger partial charge >= 0.3 is 12.2 Å². The molecule has 0 atom stereocenters. The lowest BCUT2D eigenvalue weighted by Crippen LogP contribution is -2.45. The highest BCUT2D eigenvalue weighted by Gasteiger charge is 2.27. The van der Waals surface area contributed by atoms with Crippen LogP contribution in [0.4, 0.5) is 15.4 Å². The minimum absolute atomic E-state index is 0.0294. The standard InChI is InChI=1S/C23H32ClN7O6/c1-8-30-16-13(35-11-9-10-31(21(33)34)22(2,3)4)12-25-17(24)14(16)26-19(30)15-18(29-37-28-15)27-20(32)36-23(5,6)7/h12H,8-11H2,1-7H3,(H,33,34)(H,27,29,32). The molecule has 202 valence electrons. The molecule has 0 aliphatic carbocycles. The Morgan fingerprint density at radius 3 is 2.51 bits per heavy atom. The van der Waals surface area contributed by atoms with Crippen molar-refractivity contribution < 1.29 is 28.8 Å². The third kappa shape index (κ3) is 6.59. The first-order chi connectivity index (χ1) is 17.2. The first-order valence-corrected chi connectivity index (χ1v) is 12.1. The van der Waals surface area contributed by atoms with Gasteiger partial charge in [0.2, 0.25) is 5.82 Å². The predicted molar refractivity (Wildman–Crippen MR) is 136 cm³/mol. The Kier molecular flexibility index (Phi) is 8.16. The molecule has 0 bridgehead atoms. The molecule has 2 N–H and O–H groups in total. The van der Waals surface area contributed by atoms with Gasteiger partial charge in [-0.05, 0) is 65.2 Å². The highest BCUT2D eigenvalue weighted by molar-refractivity contribution is 6.34. The predicted octanol–water partition coefficient (Wildman–Crippen LogP) is 5.05. The fourth-order valence-corrected chi connectivity index (χ4v) is 3.80. The van der Waals surface area contributed by atoms with Crippen molar-refractivity contribution >= 4 is 40.6 Å². The molecule has 37 heavy (non-hydrogen) atoms. The Balaban J connectivity index is 1.89. The largest absolute Gasteiger partial charge is 0.490 e. The lowest BCUT2D eigenvalue weighted by molar-refractivity contribution is 0.0634. The maximum atomic E-state index is 12.3. The molecule has 0 saturated carbocycles. The number of pyridine rings is 1. The molecule has 0 unspecified atom stereocenters. The molecule has 3 rings (SSSR count). The van der Waals surface area contributed by atoms with E-state index in [-0.39, 0.29) is 23.3 Å². The van der Waals surface area contributed by atoms with Crippen LogP contribution in [0.25, 0.3) is 22.6 Å². The number of hydrogen-bond donors (Lipinski definition) is 2. The lowest BCUT2D eigenvalue weighted by atomic mass is 10.1. The van der Waals surface area contributed by atoms with Gasteiger partial charge in [0, 0.05) is 18.6 Å². The van der Waals surface area contributed by atoms with Crippen molar-refractivity contribution in [2.45, 2.75) is 72.6 Å². The summed E-state index contributed by atoms with van der Waals surface area (Å²) in [5.41, 5.74) is -0.141. The second kappa shape index (κ2) is 10.8. The number of halogens is 1. The van der Waals surface area contributed by atoms with Gasteiger partial charge in [-0.2, -0.15) is 0 Å². The van der Waals surface area contributed by atoms with Gasteiger partial charge in [0.1, 0.15) is 16.6 Å². The van der Waals surface area contributed by atoms with E-state index in [9.17, 15) is 14.7 Å². The average molecular weight is 538 g/mol. The zero-order valence-corrected chi connectivity index (χ0v) is 22.7. The van der Waals surface area contributed by atoms with Crippen LogP contribution in [-0.4, -0.2) is 71.3 Å². The molecule has 0 aliphatic heterocycles. The van der Waals surface area contributed by atoms with E-state index < -0.39 is 23.3 Å². The van der Waals surface area contributed by atoms with Crippen LogP contribution in [0.15, 0.2) is 10.8 Å². The summed E-state index contributed by atoms with van der Waals surface area (Å²) in [6.45, 7) is 13.6. The normalized spacial score (nSPS) is 12.0. The van der Waals surface area contributed by atoms with E-state index in [4.69, 9.17) is 25.7 Å². The van der Waals surface area contributed by atoms with Crippen molar-refractivity contribution in [2.75, 3.05) is 18.5 Å². The van der Waals surface area contributed by atoms with Crippen molar-refractivity contribution in [3.05, 3.63) is 11.3 Å². The van der Waals surface area contributed by atoms with E-state index in [1.807, 2.05) is 27.7 Å². The van der Waals surface area contributed by atoms with Crippen LogP contribution in [0.2, 0.25) is 5.15 Å². The van der Waals surface area contributed by atoms with Crippen LogP contribution in [0.3, 0.4) is 0 Å². The number of imidazole rings is 1. The topological polar surface area (TPSA) is 158 Å². The van der Waals surface area contributed by atoms with Crippen molar-refractivity contribution in [3.63, 3.8) is 0 Å². The molecule has 3 aromatic heterocycles. The molecule has 3 aromatic rings. The quantitative estimate of drug-likeness (QED) is 0.294. The number of carbonyl (C=O) groups is 2. The first-order valence-electron chi connectivity index (χ1n) is 11.7. The summed E-state index contributed by atoms with van der Waals surface area (Å²) in [6.07, 6.45) is 0.228. The second-order valence-corrected chi connectivity index (χ2v) is 10.5. The number of anilines is 1. The molecular formula is C23H32ClN7O6. The monoisotopic (exact) mass is 537 g/mol. The lowest BCUT2D eigenvalue weighted by Gasteiger charge is -2.33. The smallest absolute Gasteiger partial charge is 0.413 e. The number of carbonyl (C=O) groups excluding carboxylic acids is 1. The number of carboxylic acid groups (broad SMARTS) is 1. The molecule has 0 radical (unpaired) electrons. The minimum Gasteiger partial charge on any atom is -0.490 e. The summed E-state index contributed by atoms with van der Waals surface area (Å²) in [6, 6.07) is 0. The third-order valence-corrected chi connectivity index (χ3v) is 5.43. The van der Waals surface area contributed by atoms with E-state index in [1.54, 1.807) is 25.3 Å². The molecule has 13 nitrogen and oxygen atoms in total. The van der Waals surface area contributed by atoms with E-state index in [1.165, 1.54) is 11.1 Å². The third-order valence-electron chi connectivity index (χ3n) is 5.15. The van der Waals surface area contributed by atoms with Gasteiger partial charge in [-0.3, -0.25) is 5.32 Å². The van der Waals surface area contributed by atoms with Gasteiger partial charge in [-0.15, -0.1) is 0 Å². The van der Waals surface area contributed by atoms with E-state index in [0.717, 1.165) is 0 Å². The summed E-state index contributed by atoms with van der Waals surface area (Å²) < 4.78 is 17.9. The number of aromatic nitrogens is 5. The maximum absolute atomic E-state index is 12.3. The average Bonchev–Trinajstić information content (AvgIpc) is 3.36. The number of ether oxygens (including phenoxy) is 2. The summed E-state index contributed by atoms with van der Waals surface area (Å²) in [4.78, 5) is 34.0. The number of nitrogens with zero attached hydrogens (tertiary/aromatic N) is 6. The Morgan fingerprint density at radius 1 is 1.22 bits per heavy atom. The number of rotatable bonds is 8. The fraction of sp³-hybridized carbons (Fsp3) is 0.565. The Bertz CT molecular complexity index is 1280. The van der Waals surface area contributed by atoms with Crippen LogP contribution < -0.4 is 10.1 Å². The first kappa shape index (κ1) is 28.0. The van der Waals surface area contributed by atoms with Gasteiger partial charge in [0.05, 0.1) is 12.8 Å². The van der Waals surface area contributed by atoms with E-state index in [0.29, 0.717) is 42.1 Å². The molecule has 0 aliphatic rings. The summed E-state index contributed by atoms with van der Waals surface area (Å²) in [5.74, 6) is 0.770. The van der Waals surface area contributed by atoms with Gasteiger partial charge in [0.25, 0.3) is 0 Å². The van der Waals surface area contributed by atoms with Gasteiger partial charge < -0.3 is 24.0 Å². The molecule has 0 fully saturated rings. The zero-order valence-electron chi connectivity index (χ0n) is 22.0. The summed E-state index contributed by atoms with van der Waals surface area (Å²) in [5, 5.41) is 19.9. The van der Waals surface area contributed by atoms with Crippen molar-refractivity contribution in [3.8, 4) is 17.3 Å². The fourth-order valence-electron chi connectivity index (χ4n) is 3.62. The summed E-state index contributed by atoms with van der Waals surface area (Å²) >= 11 is 6.35. The Labute approximate surface area is 219 Å². The van der Waals surface area contributed by atoms with E-state index in [2.05, 4.69) is 25.6 Å². The number of nitrogens with one attached hydrogen (secondary N) is 1. The minimum atomic E-state index is -0.992. The SMILES string of the molecule is CCn1c(-c2nonc2NC(=O)OC(C)(C)C)nc2c(Cl)ncc(OCCCN(C(=O)O)C(C)(C)C)c21. The van der Waals surface area contributed by atoms with Crippen LogP contribution >= 0.6 is 11.6 Å². The Morgan fingerprint density at radius 2 is 1.92 bits per heavy atom. The van der Waals surface area contributed by atoms with Crippen molar-refractivity contribution in [2.24, 2.45) is 0 Å². The van der Waals surface area contributed by atoms with Gasteiger partial charge in [0.15, 0.2) is 22.4 Å². The van der Waals surface area contributed by atoms with Crippen LogP contribution in [0.1, 0.15) is 54.9 Å². The molecule has 3 heterocycles. The number of fused-ring (bicyclic) bond motifs is 1. The van der Waals surface area contributed by atoms with Crippen molar-refractivity contribution in [1.29, 1.82) is 0 Å². The van der Waals surface area contributed by atoms with Gasteiger partial charge in [-0.1, -0.05) is 11.6 Å². The Hall–Kier alpha value is -3.61. The van der Waals surface area contributed by atoms with Gasteiger partial charge in [-0.25, -0.2) is 24.2 Å². The summed E-state index contributed by atoms with van der Waals surface area (Å²) in [7, 11) is 0. The van der Waals surface area contributed by atoms with Crippen molar-refractivity contribution in [1.82, 2.24) is 29.7 Å². The molecule has 2 amide bonds. The number of hydrogen-bond acceptors (Lipinski definition) is 9. The number of aryl methyl sites for hydroxylation is 1.